The number of allylic oxidation sites excluding steroid dienone is 2. The molecule has 11 heteroatoms. The van der Waals surface area contributed by atoms with Gasteiger partial charge >= 0.3 is 5.97 Å². The number of rotatable bonds is 6. The van der Waals surface area contributed by atoms with Crippen molar-refractivity contribution < 1.29 is 32.2 Å². The Hall–Kier alpha value is -3.83. The van der Waals surface area contributed by atoms with Crippen LogP contribution in [-0.4, -0.2) is 41.5 Å². The average molecular weight is 514 g/mol. The summed E-state index contributed by atoms with van der Waals surface area (Å²) in [4.78, 5) is 28.0. The molecule has 0 unspecified atom stereocenters. The zero-order valence-electron chi connectivity index (χ0n) is 20.1. The van der Waals surface area contributed by atoms with Crippen molar-refractivity contribution in [2.45, 2.75) is 30.1 Å². The van der Waals surface area contributed by atoms with Crippen LogP contribution in [0.15, 0.2) is 70.0 Å². The van der Waals surface area contributed by atoms with Crippen molar-refractivity contribution >= 4 is 27.5 Å². The van der Waals surface area contributed by atoms with Crippen molar-refractivity contribution in [3.63, 3.8) is 0 Å². The molecule has 0 bridgehead atoms. The lowest BCUT2D eigenvalue weighted by atomic mass is 9.75. The molecule has 0 amide bonds. The number of sulfonamides is 1. The second-order valence-electron chi connectivity index (χ2n) is 8.35. The highest BCUT2D eigenvalue weighted by Gasteiger charge is 2.43. The fourth-order valence-electron chi connectivity index (χ4n) is 4.74. The van der Waals surface area contributed by atoms with Gasteiger partial charge in [0.1, 0.15) is 5.82 Å². The third-order valence-corrected chi connectivity index (χ3v) is 7.29. The number of primary sulfonamides is 1. The molecular weight excluding hydrogens is 486 g/mol. The van der Waals surface area contributed by atoms with Gasteiger partial charge in [-0.05, 0) is 54.8 Å². The number of nitrogens with two attached hydrogens (primary N) is 2. The Morgan fingerprint density at radius 1 is 1.00 bits per heavy atom. The number of Topliss-reactive ketones (excluding diaryl/α,β-unsaturated/α-hetero) is 1. The summed E-state index contributed by atoms with van der Waals surface area (Å²) in [6, 6.07) is 10.9. The predicted octanol–water partition coefficient (Wildman–Crippen LogP) is 2.31. The molecule has 36 heavy (non-hydrogen) atoms. The zero-order chi connectivity index (χ0) is 26.2. The van der Waals surface area contributed by atoms with Crippen molar-refractivity contribution in [1.82, 2.24) is 0 Å². The van der Waals surface area contributed by atoms with Gasteiger partial charge in [-0.2, -0.15) is 0 Å². The molecule has 2 aliphatic rings. The summed E-state index contributed by atoms with van der Waals surface area (Å²) in [7, 11) is 0.348. The molecule has 2 aromatic carbocycles. The molecular formula is C25H27N3O7S. The Balaban J connectivity index is 1.97. The fraction of sp³-hybridized carbons (Fsp3) is 0.280. The number of benzene rings is 2. The van der Waals surface area contributed by atoms with Gasteiger partial charge < -0.3 is 19.9 Å². The number of esters is 1. The third-order valence-electron chi connectivity index (χ3n) is 6.36. The number of hydrogen-bond donors (Lipinski definition) is 2. The fourth-order valence-corrected chi connectivity index (χ4v) is 5.26. The largest absolute Gasteiger partial charge is 0.493 e. The van der Waals surface area contributed by atoms with Crippen LogP contribution in [0.2, 0.25) is 0 Å². The first-order chi connectivity index (χ1) is 17.1. The van der Waals surface area contributed by atoms with E-state index >= 15 is 0 Å². The minimum Gasteiger partial charge on any atom is -0.493 e. The van der Waals surface area contributed by atoms with Crippen LogP contribution in [0, 0.1) is 0 Å². The second kappa shape index (κ2) is 9.67. The molecule has 2 aromatic rings. The summed E-state index contributed by atoms with van der Waals surface area (Å²) in [5, 5.41) is 5.23. The SMILES string of the molecule is COC(=O)C1=C(N)N(c2ccc(S(N)(=O)=O)cc2)C2=C(C(=O)CCC2)[C@@H]1c1ccc(OC)c(OC)c1. The molecule has 1 aliphatic heterocycles. The van der Waals surface area contributed by atoms with Gasteiger partial charge in [0.15, 0.2) is 17.3 Å². The van der Waals surface area contributed by atoms with Crippen molar-refractivity contribution in [3.05, 3.63) is 70.7 Å². The summed E-state index contributed by atoms with van der Waals surface area (Å²) in [6.45, 7) is 0. The first kappa shape index (κ1) is 25.3. The average Bonchev–Trinajstić information content (AvgIpc) is 2.87. The smallest absolute Gasteiger partial charge is 0.338 e. The van der Waals surface area contributed by atoms with E-state index in [4.69, 9.17) is 25.1 Å². The van der Waals surface area contributed by atoms with Crippen LogP contribution in [0.3, 0.4) is 0 Å². The van der Waals surface area contributed by atoms with Gasteiger partial charge in [-0.3, -0.25) is 9.69 Å². The maximum absolute atomic E-state index is 13.4. The predicted molar refractivity (Wildman–Crippen MR) is 132 cm³/mol. The molecule has 0 radical (unpaired) electrons. The summed E-state index contributed by atoms with van der Waals surface area (Å²) in [5.41, 5.74) is 8.88. The van der Waals surface area contributed by atoms with Gasteiger partial charge in [0.25, 0.3) is 0 Å². The number of ether oxygens (including phenoxy) is 3. The van der Waals surface area contributed by atoms with E-state index in [0.717, 1.165) is 0 Å². The quantitative estimate of drug-likeness (QED) is 0.554. The second-order valence-corrected chi connectivity index (χ2v) is 9.91. The van der Waals surface area contributed by atoms with Crippen LogP contribution in [0.4, 0.5) is 5.69 Å². The highest BCUT2D eigenvalue weighted by molar-refractivity contribution is 7.89. The van der Waals surface area contributed by atoms with Gasteiger partial charge in [-0.1, -0.05) is 6.07 Å². The normalized spacial score (nSPS) is 18.2. The molecule has 10 nitrogen and oxygen atoms in total. The van der Waals surface area contributed by atoms with E-state index in [1.54, 1.807) is 23.1 Å². The van der Waals surface area contributed by atoms with Gasteiger partial charge in [-0.15, -0.1) is 0 Å². The maximum atomic E-state index is 13.4. The molecule has 4 N–H and O–H groups in total. The molecule has 4 rings (SSSR count). The maximum Gasteiger partial charge on any atom is 0.338 e. The van der Waals surface area contributed by atoms with Crippen LogP contribution in [0.5, 0.6) is 11.5 Å². The minimum absolute atomic E-state index is 0.0730. The number of hydrogen-bond acceptors (Lipinski definition) is 9. The molecule has 0 spiro atoms. The Morgan fingerprint density at radius 2 is 1.67 bits per heavy atom. The van der Waals surface area contributed by atoms with Crippen LogP contribution in [-0.2, 0) is 24.3 Å². The number of methoxy groups -OCH3 is 3. The highest BCUT2D eigenvalue weighted by Crippen LogP contribution is 2.48. The zero-order valence-corrected chi connectivity index (χ0v) is 20.9. The van der Waals surface area contributed by atoms with E-state index in [-0.39, 0.29) is 22.1 Å². The number of anilines is 1. The van der Waals surface area contributed by atoms with Gasteiger partial charge in [0.2, 0.25) is 10.0 Å². The summed E-state index contributed by atoms with van der Waals surface area (Å²) < 4.78 is 39.3. The molecule has 1 atom stereocenters. The number of nitrogens with zero attached hydrogens (tertiary/aromatic N) is 1. The first-order valence-electron chi connectivity index (χ1n) is 11.1. The molecule has 0 saturated heterocycles. The van der Waals surface area contributed by atoms with Crippen LogP contribution < -0.4 is 25.2 Å². The lowest BCUT2D eigenvalue weighted by Gasteiger charge is -2.40. The molecule has 1 heterocycles. The van der Waals surface area contributed by atoms with E-state index < -0.39 is 21.9 Å². The van der Waals surface area contributed by atoms with Crippen molar-refractivity contribution in [1.29, 1.82) is 0 Å². The van der Waals surface area contributed by atoms with E-state index in [2.05, 4.69) is 0 Å². The Kier molecular flexibility index (Phi) is 6.79. The molecule has 0 saturated carbocycles. The van der Waals surface area contributed by atoms with Crippen molar-refractivity contribution in [2.24, 2.45) is 10.9 Å². The van der Waals surface area contributed by atoms with Crippen molar-refractivity contribution in [2.75, 3.05) is 26.2 Å². The Labute approximate surface area is 209 Å². The van der Waals surface area contributed by atoms with Crippen molar-refractivity contribution in [3.8, 4) is 11.5 Å². The minimum atomic E-state index is -3.91. The number of carbonyl (C=O) groups is 2. The number of carbonyl (C=O) groups excluding carboxylic acids is 2. The lowest BCUT2D eigenvalue weighted by Crippen LogP contribution is -2.41. The Bertz CT molecular complexity index is 1400. The van der Waals surface area contributed by atoms with E-state index in [9.17, 15) is 18.0 Å². The molecule has 0 fully saturated rings. The summed E-state index contributed by atoms with van der Waals surface area (Å²) in [6.07, 6.45) is 1.44. The standard InChI is InChI=1S/C25H27N3O7S/c1-33-19-12-7-14(13-20(19)34-2)21-22-17(5-4-6-18(22)29)28(24(26)23(21)25(30)35-3)15-8-10-16(11-9-15)36(27,31)32/h7-13,21H,4-6,26H2,1-3H3,(H2,27,31,32)/t21-/m0/s1. The van der Waals surface area contributed by atoms with Crippen LogP contribution in [0.25, 0.3) is 0 Å². The highest BCUT2D eigenvalue weighted by atomic mass is 32.2. The first-order valence-corrected chi connectivity index (χ1v) is 12.7. The van der Waals surface area contributed by atoms with E-state index in [1.165, 1.54) is 45.6 Å². The van der Waals surface area contributed by atoms with Crippen LogP contribution in [0.1, 0.15) is 30.7 Å². The number of ketones is 1. The van der Waals surface area contributed by atoms with Gasteiger partial charge in [-0.25, -0.2) is 18.4 Å². The topological polar surface area (TPSA) is 151 Å². The van der Waals surface area contributed by atoms with E-state index in [0.29, 0.717) is 53.3 Å². The lowest BCUT2D eigenvalue weighted by molar-refractivity contribution is -0.136. The molecule has 0 aromatic heterocycles. The van der Waals surface area contributed by atoms with Gasteiger partial charge in [0, 0.05) is 23.4 Å². The monoisotopic (exact) mass is 513 g/mol. The Morgan fingerprint density at radius 3 is 2.25 bits per heavy atom. The summed E-state index contributed by atoms with van der Waals surface area (Å²) in [5.74, 6) is -0.587. The third kappa shape index (κ3) is 4.31. The molecule has 190 valence electrons. The summed E-state index contributed by atoms with van der Waals surface area (Å²) >= 11 is 0. The molecule has 1 aliphatic carbocycles. The van der Waals surface area contributed by atoms with E-state index in [1.807, 2.05) is 0 Å². The van der Waals surface area contributed by atoms with Gasteiger partial charge in [0.05, 0.1) is 37.7 Å². The van der Waals surface area contributed by atoms with Crippen LogP contribution >= 0.6 is 0 Å².